The first-order chi connectivity index (χ1) is 13.6. The fourth-order valence-electron chi connectivity index (χ4n) is 3.87. The van der Waals surface area contributed by atoms with Gasteiger partial charge in [0.25, 0.3) is 0 Å². The average Bonchev–Trinajstić information content (AvgIpc) is 3.04. The van der Waals surface area contributed by atoms with Gasteiger partial charge in [0.15, 0.2) is 0 Å². The first kappa shape index (κ1) is 18.6. The van der Waals surface area contributed by atoms with Gasteiger partial charge in [0, 0.05) is 23.4 Å². The van der Waals surface area contributed by atoms with Gasteiger partial charge in [0.2, 0.25) is 0 Å². The Morgan fingerprint density at radius 1 is 1.25 bits per heavy atom. The fourth-order valence-corrected chi connectivity index (χ4v) is 3.87. The zero-order chi connectivity index (χ0) is 19.7. The number of hydrogen-bond acceptors (Lipinski definition) is 4. The highest BCUT2D eigenvalue weighted by Crippen LogP contribution is 2.36. The number of methoxy groups -OCH3 is 1. The monoisotopic (exact) mass is 382 g/mol. The van der Waals surface area contributed by atoms with E-state index in [4.69, 9.17) is 13.9 Å². The minimum atomic E-state index is -0.136. The smallest absolute Gasteiger partial charge is 0.322 e. The number of nitrogens with one attached hydrogen (secondary N) is 1. The Labute approximate surface area is 164 Å². The number of anilines is 1. The van der Waals surface area contributed by atoms with Crippen LogP contribution >= 0.6 is 0 Å². The van der Waals surface area contributed by atoms with Gasteiger partial charge in [0.1, 0.15) is 16.9 Å². The van der Waals surface area contributed by atoms with E-state index in [2.05, 4.69) is 19.2 Å². The highest BCUT2D eigenvalue weighted by atomic mass is 16.5. The number of fused-ring (bicyclic) bond motifs is 3. The molecule has 1 fully saturated rings. The maximum atomic E-state index is 13.0. The molecule has 3 aromatic rings. The molecule has 2 heterocycles. The first-order valence-electron chi connectivity index (χ1n) is 9.71. The Kier molecular flexibility index (Phi) is 5.13. The number of rotatable bonds is 4. The van der Waals surface area contributed by atoms with Crippen molar-refractivity contribution >= 4 is 33.7 Å². The lowest BCUT2D eigenvalue weighted by atomic mass is 10.0. The molecular formula is C22H26N2O4. The summed E-state index contributed by atoms with van der Waals surface area (Å²) in [5, 5.41) is 5.01. The van der Waals surface area contributed by atoms with E-state index in [1.165, 1.54) is 0 Å². The third-order valence-electron chi connectivity index (χ3n) is 5.17. The molecule has 0 aliphatic carbocycles. The molecule has 0 radical (unpaired) electrons. The van der Waals surface area contributed by atoms with Crippen molar-refractivity contribution in [1.82, 2.24) is 4.90 Å². The van der Waals surface area contributed by atoms with Gasteiger partial charge in [-0.15, -0.1) is 0 Å². The second kappa shape index (κ2) is 7.72. The number of nitrogens with zero attached hydrogens (tertiary/aromatic N) is 1. The highest BCUT2D eigenvalue weighted by Gasteiger charge is 2.28. The third-order valence-corrected chi connectivity index (χ3v) is 5.17. The molecule has 1 atom stereocenters. The molecule has 0 unspecified atom stereocenters. The Morgan fingerprint density at radius 2 is 2.07 bits per heavy atom. The van der Waals surface area contributed by atoms with Crippen LogP contribution in [0.5, 0.6) is 5.75 Å². The molecule has 6 nitrogen and oxygen atoms in total. The third kappa shape index (κ3) is 3.52. The van der Waals surface area contributed by atoms with E-state index < -0.39 is 0 Å². The lowest BCUT2D eigenvalue weighted by Gasteiger charge is -2.36. The topological polar surface area (TPSA) is 63.9 Å². The van der Waals surface area contributed by atoms with Crippen LogP contribution in [0.15, 0.2) is 40.8 Å². The van der Waals surface area contributed by atoms with E-state index in [9.17, 15) is 4.79 Å². The van der Waals surface area contributed by atoms with Crippen LogP contribution < -0.4 is 10.1 Å². The molecule has 6 heteroatoms. The largest absolute Gasteiger partial charge is 0.495 e. The summed E-state index contributed by atoms with van der Waals surface area (Å²) in [7, 11) is 1.61. The Hall–Kier alpha value is -2.73. The molecule has 2 amide bonds. The van der Waals surface area contributed by atoms with Crippen molar-refractivity contribution in [2.24, 2.45) is 5.92 Å². The molecule has 148 valence electrons. The summed E-state index contributed by atoms with van der Waals surface area (Å²) in [4.78, 5) is 14.9. The van der Waals surface area contributed by atoms with Gasteiger partial charge in [-0.1, -0.05) is 32.0 Å². The molecule has 28 heavy (non-hydrogen) atoms. The Balaban J connectivity index is 1.64. The summed E-state index contributed by atoms with van der Waals surface area (Å²) in [6.07, 6.45) is 0.910. The zero-order valence-corrected chi connectivity index (χ0v) is 16.5. The molecule has 0 saturated carbocycles. The highest BCUT2D eigenvalue weighted by molar-refractivity contribution is 6.07. The standard InChI is InChI=1S/C22H26N2O4/c1-14(2)10-15-13-27-9-8-24(15)22(25)23-18-12-20-17(11-21(18)26-3)16-6-4-5-7-19(16)28-20/h4-7,11-12,14-15H,8-10,13H2,1-3H3,(H,23,25)/t15-/m1/s1. The summed E-state index contributed by atoms with van der Waals surface area (Å²) in [6.45, 7) is 6.03. The first-order valence-corrected chi connectivity index (χ1v) is 9.71. The van der Waals surface area contributed by atoms with Gasteiger partial charge in [-0.3, -0.25) is 0 Å². The van der Waals surface area contributed by atoms with E-state index >= 15 is 0 Å². The molecule has 2 aromatic carbocycles. The van der Waals surface area contributed by atoms with Crippen LogP contribution in [0.2, 0.25) is 0 Å². The van der Waals surface area contributed by atoms with E-state index in [-0.39, 0.29) is 12.1 Å². The summed E-state index contributed by atoms with van der Waals surface area (Å²) >= 11 is 0. The minimum Gasteiger partial charge on any atom is -0.495 e. The van der Waals surface area contributed by atoms with Gasteiger partial charge in [-0.25, -0.2) is 4.79 Å². The normalized spacial score (nSPS) is 17.4. The van der Waals surface area contributed by atoms with Crippen LogP contribution in [0, 0.1) is 5.92 Å². The number of furan rings is 1. The van der Waals surface area contributed by atoms with Crippen molar-refractivity contribution < 1.29 is 18.7 Å². The predicted octanol–water partition coefficient (Wildman–Crippen LogP) is 4.87. The number of para-hydroxylation sites is 1. The summed E-state index contributed by atoms with van der Waals surface area (Å²) in [6, 6.07) is 11.6. The number of carbonyl (C=O) groups is 1. The number of ether oxygens (including phenoxy) is 2. The van der Waals surface area contributed by atoms with Gasteiger partial charge in [-0.05, 0) is 24.5 Å². The van der Waals surface area contributed by atoms with Gasteiger partial charge in [0.05, 0.1) is 32.1 Å². The molecule has 1 aliphatic rings. The van der Waals surface area contributed by atoms with E-state index in [0.29, 0.717) is 37.1 Å². The number of benzene rings is 2. The van der Waals surface area contributed by atoms with Crippen molar-refractivity contribution in [3.63, 3.8) is 0 Å². The molecule has 1 aromatic heterocycles. The minimum absolute atomic E-state index is 0.0784. The second-order valence-electron chi connectivity index (χ2n) is 7.63. The number of morpholine rings is 1. The summed E-state index contributed by atoms with van der Waals surface area (Å²) in [5.74, 6) is 1.10. The lowest BCUT2D eigenvalue weighted by molar-refractivity contribution is 0.00856. The summed E-state index contributed by atoms with van der Waals surface area (Å²) in [5.41, 5.74) is 2.14. The molecule has 0 spiro atoms. The van der Waals surface area contributed by atoms with Crippen molar-refractivity contribution in [2.45, 2.75) is 26.3 Å². The average molecular weight is 382 g/mol. The van der Waals surface area contributed by atoms with Crippen LogP contribution in [0.1, 0.15) is 20.3 Å². The van der Waals surface area contributed by atoms with E-state index in [1.807, 2.05) is 41.3 Å². The van der Waals surface area contributed by atoms with E-state index in [0.717, 1.165) is 28.4 Å². The van der Waals surface area contributed by atoms with Crippen molar-refractivity contribution in [2.75, 3.05) is 32.2 Å². The molecule has 1 saturated heterocycles. The van der Waals surface area contributed by atoms with Crippen LogP contribution in [-0.4, -0.2) is 43.8 Å². The quantitative estimate of drug-likeness (QED) is 0.699. The van der Waals surface area contributed by atoms with Gasteiger partial charge < -0.3 is 24.1 Å². The lowest BCUT2D eigenvalue weighted by Crippen LogP contribution is -2.50. The molecule has 1 aliphatic heterocycles. The Bertz CT molecular complexity index is 995. The number of urea groups is 1. The Morgan fingerprint density at radius 3 is 2.86 bits per heavy atom. The molecular weight excluding hydrogens is 356 g/mol. The van der Waals surface area contributed by atoms with Crippen LogP contribution in [-0.2, 0) is 4.74 Å². The van der Waals surface area contributed by atoms with Crippen molar-refractivity contribution in [1.29, 1.82) is 0 Å². The van der Waals surface area contributed by atoms with E-state index in [1.54, 1.807) is 7.11 Å². The van der Waals surface area contributed by atoms with Crippen LogP contribution in [0.25, 0.3) is 21.9 Å². The van der Waals surface area contributed by atoms with Crippen LogP contribution in [0.3, 0.4) is 0 Å². The second-order valence-corrected chi connectivity index (χ2v) is 7.63. The van der Waals surface area contributed by atoms with Gasteiger partial charge in [-0.2, -0.15) is 0 Å². The van der Waals surface area contributed by atoms with Crippen molar-refractivity contribution in [3.8, 4) is 5.75 Å². The maximum Gasteiger partial charge on any atom is 0.322 e. The van der Waals surface area contributed by atoms with Crippen LogP contribution in [0.4, 0.5) is 10.5 Å². The fraction of sp³-hybridized carbons (Fsp3) is 0.409. The van der Waals surface area contributed by atoms with Gasteiger partial charge >= 0.3 is 6.03 Å². The van der Waals surface area contributed by atoms with Crippen molar-refractivity contribution in [3.05, 3.63) is 36.4 Å². The predicted molar refractivity (Wildman–Crippen MR) is 110 cm³/mol. The molecule has 1 N–H and O–H groups in total. The summed E-state index contributed by atoms with van der Waals surface area (Å²) < 4.78 is 17.1. The molecule has 0 bridgehead atoms. The number of hydrogen-bond donors (Lipinski definition) is 1. The maximum absolute atomic E-state index is 13.0. The number of carbonyl (C=O) groups excluding carboxylic acids is 1. The number of amides is 2. The zero-order valence-electron chi connectivity index (χ0n) is 16.5. The SMILES string of the molecule is COc1cc2c(cc1NC(=O)N1CCOC[C@H]1CC(C)C)oc1ccccc12. The molecule has 4 rings (SSSR count).